The number of amides is 2. The van der Waals surface area contributed by atoms with Crippen molar-refractivity contribution in [3.63, 3.8) is 0 Å². The molecule has 0 atom stereocenters. The third-order valence-corrected chi connectivity index (χ3v) is 2.92. The Hall–Kier alpha value is -2.27. The van der Waals surface area contributed by atoms with Crippen LogP contribution in [0.1, 0.15) is 5.56 Å². The number of urea groups is 1. The summed E-state index contributed by atoms with van der Waals surface area (Å²) >= 11 is 5.94. The van der Waals surface area contributed by atoms with Crippen molar-refractivity contribution in [3.05, 3.63) is 58.9 Å². The smallest absolute Gasteiger partial charge is 0.319 e. The van der Waals surface area contributed by atoms with E-state index in [2.05, 4.69) is 10.6 Å². The predicted octanol–water partition coefficient (Wildman–Crippen LogP) is 3.38. The summed E-state index contributed by atoms with van der Waals surface area (Å²) in [5.41, 5.74) is 7.35. The Morgan fingerprint density at radius 3 is 2.55 bits per heavy atom. The largest absolute Gasteiger partial charge is 0.399 e. The maximum Gasteiger partial charge on any atom is 0.319 e. The van der Waals surface area contributed by atoms with Gasteiger partial charge in [-0.2, -0.15) is 0 Å². The van der Waals surface area contributed by atoms with Gasteiger partial charge in [-0.25, -0.2) is 9.18 Å². The first-order valence-corrected chi connectivity index (χ1v) is 6.27. The maximum absolute atomic E-state index is 12.7. The van der Waals surface area contributed by atoms with Gasteiger partial charge in [0.15, 0.2) is 0 Å². The Morgan fingerprint density at radius 1 is 1.20 bits per heavy atom. The second-order valence-corrected chi connectivity index (χ2v) is 4.58. The summed E-state index contributed by atoms with van der Waals surface area (Å²) in [6, 6.07) is 10.3. The molecule has 0 radical (unpaired) electrons. The molecule has 0 unspecified atom stereocenters. The summed E-state index contributed by atoms with van der Waals surface area (Å²) in [4.78, 5) is 11.7. The van der Waals surface area contributed by atoms with Gasteiger partial charge in [0.05, 0.1) is 10.7 Å². The minimum absolute atomic E-state index is 0.290. The molecule has 4 N–H and O–H groups in total. The van der Waals surface area contributed by atoms with Crippen LogP contribution in [0.2, 0.25) is 5.02 Å². The second-order valence-electron chi connectivity index (χ2n) is 4.17. The fraction of sp³-hybridized carbons (Fsp3) is 0.0714. The molecule has 0 saturated carbocycles. The molecule has 0 fully saturated rings. The standard InChI is InChI=1S/C14H13ClFN3O/c15-12-7-11(17)5-6-13(12)19-14(20)18-8-9-1-3-10(16)4-2-9/h1-7H,8,17H2,(H2,18,19,20). The van der Waals surface area contributed by atoms with Crippen molar-refractivity contribution in [2.45, 2.75) is 6.54 Å². The lowest BCUT2D eigenvalue weighted by atomic mass is 10.2. The van der Waals surface area contributed by atoms with Crippen LogP contribution in [0.15, 0.2) is 42.5 Å². The van der Waals surface area contributed by atoms with E-state index in [9.17, 15) is 9.18 Å². The number of benzene rings is 2. The molecule has 4 nitrogen and oxygen atoms in total. The van der Waals surface area contributed by atoms with Gasteiger partial charge in [-0.3, -0.25) is 0 Å². The van der Waals surface area contributed by atoms with Gasteiger partial charge in [0.2, 0.25) is 0 Å². The quantitative estimate of drug-likeness (QED) is 0.759. The molecule has 0 spiro atoms. The third-order valence-electron chi connectivity index (χ3n) is 2.61. The molecule has 0 aliphatic carbocycles. The molecular formula is C14H13ClFN3O. The third kappa shape index (κ3) is 3.86. The van der Waals surface area contributed by atoms with E-state index in [1.807, 2.05) is 0 Å². The number of halogens is 2. The van der Waals surface area contributed by atoms with E-state index < -0.39 is 6.03 Å². The molecule has 2 aromatic rings. The molecule has 2 amide bonds. The van der Waals surface area contributed by atoms with E-state index in [-0.39, 0.29) is 5.82 Å². The highest BCUT2D eigenvalue weighted by atomic mass is 35.5. The van der Waals surface area contributed by atoms with Crippen LogP contribution in [-0.2, 0) is 6.54 Å². The van der Waals surface area contributed by atoms with E-state index in [4.69, 9.17) is 17.3 Å². The van der Waals surface area contributed by atoms with Crippen LogP contribution in [0.3, 0.4) is 0 Å². The summed E-state index contributed by atoms with van der Waals surface area (Å²) < 4.78 is 12.7. The zero-order valence-corrected chi connectivity index (χ0v) is 11.2. The minimum Gasteiger partial charge on any atom is -0.399 e. The average molecular weight is 294 g/mol. The zero-order chi connectivity index (χ0) is 14.5. The first kappa shape index (κ1) is 14.1. The number of hydrogen-bond donors (Lipinski definition) is 3. The van der Waals surface area contributed by atoms with Crippen molar-refractivity contribution >= 4 is 29.0 Å². The first-order valence-electron chi connectivity index (χ1n) is 5.89. The summed E-state index contributed by atoms with van der Waals surface area (Å²) in [5.74, 6) is -0.313. The normalized spacial score (nSPS) is 10.1. The van der Waals surface area contributed by atoms with Crippen LogP contribution in [0, 0.1) is 5.82 Å². The Bertz CT molecular complexity index is 616. The van der Waals surface area contributed by atoms with E-state index in [1.54, 1.807) is 30.3 Å². The molecule has 0 heterocycles. The van der Waals surface area contributed by atoms with Crippen LogP contribution in [-0.4, -0.2) is 6.03 Å². The van der Waals surface area contributed by atoms with Gasteiger partial charge < -0.3 is 16.4 Å². The topological polar surface area (TPSA) is 67.1 Å². The van der Waals surface area contributed by atoms with Crippen LogP contribution >= 0.6 is 11.6 Å². The van der Waals surface area contributed by atoms with Crippen LogP contribution in [0.4, 0.5) is 20.6 Å². The summed E-state index contributed by atoms with van der Waals surface area (Å²) in [5, 5.41) is 5.62. The van der Waals surface area contributed by atoms with Gasteiger partial charge in [-0.1, -0.05) is 23.7 Å². The Kier molecular flexibility index (Phi) is 4.42. The lowest BCUT2D eigenvalue weighted by Crippen LogP contribution is -2.28. The number of nitrogens with one attached hydrogen (secondary N) is 2. The van der Waals surface area contributed by atoms with Crippen molar-refractivity contribution in [1.29, 1.82) is 0 Å². The van der Waals surface area contributed by atoms with Crippen molar-refractivity contribution in [2.24, 2.45) is 0 Å². The Balaban J connectivity index is 1.90. The van der Waals surface area contributed by atoms with Gasteiger partial charge in [0.25, 0.3) is 0 Å². The van der Waals surface area contributed by atoms with Crippen molar-refractivity contribution in [2.75, 3.05) is 11.1 Å². The zero-order valence-electron chi connectivity index (χ0n) is 10.5. The van der Waals surface area contributed by atoms with Gasteiger partial charge in [-0.15, -0.1) is 0 Å². The SMILES string of the molecule is Nc1ccc(NC(=O)NCc2ccc(F)cc2)c(Cl)c1. The first-order chi connectivity index (χ1) is 9.54. The lowest BCUT2D eigenvalue weighted by Gasteiger charge is -2.09. The number of anilines is 2. The highest BCUT2D eigenvalue weighted by Gasteiger charge is 2.05. The average Bonchev–Trinajstić information content (AvgIpc) is 2.41. The molecule has 6 heteroatoms. The molecule has 0 aromatic heterocycles. The fourth-order valence-electron chi connectivity index (χ4n) is 1.58. The van der Waals surface area contributed by atoms with E-state index in [0.717, 1.165) is 5.56 Å². The highest BCUT2D eigenvalue weighted by molar-refractivity contribution is 6.34. The van der Waals surface area contributed by atoms with E-state index >= 15 is 0 Å². The summed E-state index contributed by atoms with van der Waals surface area (Å²) in [6.07, 6.45) is 0. The number of carbonyl (C=O) groups is 1. The van der Waals surface area contributed by atoms with Crippen LogP contribution in [0.25, 0.3) is 0 Å². The van der Waals surface area contributed by atoms with E-state index in [1.165, 1.54) is 12.1 Å². The molecule has 0 bridgehead atoms. The minimum atomic E-state index is -0.402. The van der Waals surface area contributed by atoms with Gasteiger partial charge >= 0.3 is 6.03 Å². The highest BCUT2D eigenvalue weighted by Crippen LogP contribution is 2.23. The van der Waals surface area contributed by atoms with Gasteiger partial charge in [-0.05, 0) is 35.9 Å². The number of nitrogens with two attached hydrogens (primary N) is 1. The maximum atomic E-state index is 12.7. The van der Waals surface area contributed by atoms with Crippen molar-refractivity contribution in [3.8, 4) is 0 Å². The number of rotatable bonds is 3. The van der Waals surface area contributed by atoms with Gasteiger partial charge in [0, 0.05) is 12.2 Å². The number of carbonyl (C=O) groups excluding carboxylic acids is 1. The fourth-order valence-corrected chi connectivity index (χ4v) is 1.82. The molecule has 20 heavy (non-hydrogen) atoms. The predicted molar refractivity (Wildman–Crippen MR) is 78.1 cm³/mol. The van der Waals surface area contributed by atoms with Crippen LogP contribution < -0.4 is 16.4 Å². The van der Waals surface area contributed by atoms with Crippen molar-refractivity contribution in [1.82, 2.24) is 5.32 Å². The lowest BCUT2D eigenvalue weighted by molar-refractivity contribution is 0.251. The molecule has 2 rings (SSSR count). The molecule has 2 aromatic carbocycles. The monoisotopic (exact) mass is 293 g/mol. The summed E-state index contributed by atoms with van der Waals surface area (Å²) in [7, 11) is 0. The molecule has 0 aliphatic heterocycles. The molecule has 104 valence electrons. The van der Waals surface area contributed by atoms with Crippen molar-refractivity contribution < 1.29 is 9.18 Å². The molecule has 0 saturated heterocycles. The Morgan fingerprint density at radius 2 is 1.90 bits per heavy atom. The Labute approximate surface area is 120 Å². The second kappa shape index (κ2) is 6.25. The number of hydrogen-bond acceptors (Lipinski definition) is 2. The molecule has 0 aliphatic rings. The van der Waals surface area contributed by atoms with Crippen LogP contribution in [0.5, 0.6) is 0 Å². The number of nitrogen functional groups attached to an aromatic ring is 1. The molecular weight excluding hydrogens is 281 g/mol. The van der Waals surface area contributed by atoms with Gasteiger partial charge in [0.1, 0.15) is 5.82 Å². The summed E-state index contributed by atoms with van der Waals surface area (Å²) in [6.45, 7) is 0.290. The van der Waals surface area contributed by atoms with E-state index in [0.29, 0.717) is 22.9 Å².